The summed E-state index contributed by atoms with van der Waals surface area (Å²) >= 11 is 0. The lowest BCUT2D eigenvalue weighted by Crippen LogP contribution is -1.97. The molecule has 0 atom stereocenters. The Bertz CT molecular complexity index is 644. The van der Waals surface area contributed by atoms with E-state index in [1.165, 1.54) is 5.56 Å². The predicted octanol–water partition coefficient (Wildman–Crippen LogP) is 2.89. The van der Waals surface area contributed by atoms with Gasteiger partial charge in [0.05, 0.1) is 12.8 Å². The average Bonchev–Trinajstić information content (AvgIpc) is 2.45. The zero-order chi connectivity index (χ0) is 13.8. The molecule has 19 heavy (non-hydrogen) atoms. The molecule has 4 heteroatoms. The van der Waals surface area contributed by atoms with Gasteiger partial charge in [-0.15, -0.1) is 0 Å². The van der Waals surface area contributed by atoms with Crippen LogP contribution in [0.4, 0.5) is 0 Å². The van der Waals surface area contributed by atoms with Crippen molar-refractivity contribution in [1.82, 2.24) is 9.97 Å². The molecule has 0 aliphatic heterocycles. The highest BCUT2D eigenvalue weighted by molar-refractivity contribution is 5.68. The van der Waals surface area contributed by atoms with Crippen molar-refractivity contribution in [2.45, 2.75) is 20.3 Å². The Labute approximate surface area is 112 Å². The molecule has 0 aliphatic carbocycles. The molecule has 4 nitrogen and oxygen atoms in total. The number of rotatable bonds is 3. The van der Waals surface area contributed by atoms with E-state index in [2.05, 4.69) is 23.0 Å². The fourth-order valence-corrected chi connectivity index (χ4v) is 1.94. The minimum atomic E-state index is 0.367. The number of aromatic nitrogens is 2. The van der Waals surface area contributed by atoms with Crippen LogP contribution in [0.3, 0.4) is 0 Å². The van der Waals surface area contributed by atoms with Gasteiger partial charge in [0.15, 0.2) is 0 Å². The fraction of sp³-hybridized carbons (Fsp3) is 0.267. The van der Waals surface area contributed by atoms with Crippen LogP contribution in [0.25, 0.3) is 11.3 Å². The molecule has 0 amide bonds. The summed E-state index contributed by atoms with van der Waals surface area (Å²) in [5, 5.41) is 8.99. The fourth-order valence-electron chi connectivity index (χ4n) is 1.94. The monoisotopic (exact) mass is 253 g/mol. The zero-order valence-electron chi connectivity index (χ0n) is 11.3. The van der Waals surface area contributed by atoms with E-state index in [1.807, 2.05) is 18.2 Å². The quantitative estimate of drug-likeness (QED) is 0.843. The highest BCUT2D eigenvalue weighted by atomic mass is 16.5. The molecule has 0 aliphatic rings. The molecule has 0 unspecified atom stereocenters. The number of nitriles is 1. The minimum Gasteiger partial charge on any atom is -0.496 e. The molecule has 2 rings (SSSR count). The molecule has 0 saturated heterocycles. The van der Waals surface area contributed by atoms with E-state index in [-0.39, 0.29) is 0 Å². The van der Waals surface area contributed by atoms with E-state index in [0.29, 0.717) is 11.5 Å². The van der Waals surface area contributed by atoms with Crippen molar-refractivity contribution in [2.24, 2.45) is 0 Å². The zero-order valence-corrected chi connectivity index (χ0v) is 11.3. The van der Waals surface area contributed by atoms with E-state index in [9.17, 15) is 0 Å². The summed E-state index contributed by atoms with van der Waals surface area (Å²) in [5.41, 5.74) is 3.18. The summed E-state index contributed by atoms with van der Waals surface area (Å²) in [6, 6.07) is 9.74. The van der Waals surface area contributed by atoms with Gasteiger partial charge in [0.1, 0.15) is 23.3 Å². The van der Waals surface area contributed by atoms with Crippen LogP contribution in [0.5, 0.6) is 5.75 Å². The number of hydrogen-bond donors (Lipinski definition) is 0. The van der Waals surface area contributed by atoms with Crippen LogP contribution in [0.1, 0.15) is 24.0 Å². The number of nitrogens with zero attached hydrogens (tertiary/aromatic N) is 3. The molecule has 0 radical (unpaired) electrons. The summed E-state index contributed by atoms with van der Waals surface area (Å²) in [6.45, 7) is 3.87. The molecule has 2 aromatic rings. The number of methoxy groups -OCH3 is 1. The third-order valence-electron chi connectivity index (χ3n) is 2.90. The van der Waals surface area contributed by atoms with Gasteiger partial charge in [-0.05, 0) is 31.0 Å². The summed E-state index contributed by atoms with van der Waals surface area (Å²) in [6.07, 6.45) is 0.937. The Morgan fingerprint density at radius 2 is 2.05 bits per heavy atom. The van der Waals surface area contributed by atoms with Crippen molar-refractivity contribution in [2.75, 3.05) is 7.11 Å². The highest BCUT2D eigenvalue weighted by Crippen LogP contribution is 2.30. The molecule has 1 aromatic carbocycles. The van der Waals surface area contributed by atoms with Crippen LogP contribution in [0, 0.1) is 18.3 Å². The van der Waals surface area contributed by atoms with E-state index in [0.717, 1.165) is 23.4 Å². The SMILES string of the molecule is CCc1ccc(OC)c(-c2cc(C#N)nc(C)n2)c1. The van der Waals surface area contributed by atoms with Crippen LogP contribution in [-0.4, -0.2) is 17.1 Å². The first kappa shape index (κ1) is 13.0. The maximum Gasteiger partial charge on any atom is 0.144 e. The van der Waals surface area contributed by atoms with Crippen molar-refractivity contribution in [3.63, 3.8) is 0 Å². The summed E-state index contributed by atoms with van der Waals surface area (Å²) in [5.74, 6) is 1.33. The minimum absolute atomic E-state index is 0.367. The lowest BCUT2D eigenvalue weighted by atomic mass is 10.0. The van der Waals surface area contributed by atoms with Gasteiger partial charge in [0.2, 0.25) is 0 Å². The van der Waals surface area contributed by atoms with Crippen LogP contribution in [0.15, 0.2) is 24.3 Å². The third-order valence-corrected chi connectivity index (χ3v) is 2.90. The second-order valence-corrected chi connectivity index (χ2v) is 4.19. The maximum absolute atomic E-state index is 8.99. The van der Waals surface area contributed by atoms with E-state index in [4.69, 9.17) is 10.00 Å². The molecule has 0 spiro atoms. The van der Waals surface area contributed by atoms with Gasteiger partial charge >= 0.3 is 0 Å². The van der Waals surface area contributed by atoms with Crippen molar-refractivity contribution in [3.05, 3.63) is 41.3 Å². The normalized spacial score (nSPS) is 10.0. The lowest BCUT2D eigenvalue weighted by molar-refractivity contribution is 0.416. The predicted molar refractivity (Wildman–Crippen MR) is 72.9 cm³/mol. The van der Waals surface area contributed by atoms with Crippen molar-refractivity contribution in [3.8, 4) is 23.1 Å². The molecular weight excluding hydrogens is 238 g/mol. The van der Waals surface area contributed by atoms with E-state index < -0.39 is 0 Å². The van der Waals surface area contributed by atoms with E-state index >= 15 is 0 Å². The summed E-state index contributed by atoms with van der Waals surface area (Å²) in [7, 11) is 1.63. The average molecular weight is 253 g/mol. The van der Waals surface area contributed by atoms with Crippen molar-refractivity contribution < 1.29 is 4.74 Å². The summed E-state index contributed by atoms with van der Waals surface area (Å²) in [4.78, 5) is 8.46. The van der Waals surface area contributed by atoms with Crippen LogP contribution in [-0.2, 0) is 6.42 Å². The molecule has 0 N–H and O–H groups in total. The van der Waals surface area contributed by atoms with Gasteiger partial charge in [0, 0.05) is 11.6 Å². The topological polar surface area (TPSA) is 58.8 Å². The highest BCUT2D eigenvalue weighted by Gasteiger charge is 2.10. The van der Waals surface area contributed by atoms with Gasteiger partial charge in [-0.1, -0.05) is 13.0 Å². The number of aryl methyl sites for hydroxylation is 2. The van der Waals surface area contributed by atoms with Crippen LogP contribution >= 0.6 is 0 Å². The maximum atomic E-state index is 8.99. The number of benzene rings is 1. The van der Waals surface area contributed by atoms with Gasteiger partial charge in [-0.2, -0.15) is 5.26 Å². The molecule has 96 valence electrons. The number of ether oxygens (including phenoxy) is 1. The van der Waals surface area contributed by atoms with Gasteiger partial charge in [-0.3, -0.25) is 0 Å². The first-order valence-corrected chi connectivity index (χ1v) is 6.11. The largest absolute Gasteiger partial charge is 0.496 e. The molecule has 0 bridgehead atoms. The number of hydrogen-bond acceptors (Lipinski definition) is 4. The van der Waals surface area contributed by atoms with Gasteiger partial charge < -0.3 is 4.74 Å². The first-order valence-electron chi connectivity index (χ1n) is 6.11. The molecular formula is C15H15N3O. The van der Waals surface area contributed by atoms with Gasteiger partial charge in [-0.25, -0.2) is 9.97 Å². The lowest BCUT2D eigenvalue weighted by Gasteiger charge is -2.10. The Hall–Kier alpha value is -2.41. The van der Waals surface area contributed by atoms with Crippen molar-refractivity contribution >= 4 is 0 Å². The second kappa shape index (κ2) is 5.49. The van der Waals surface area contributed by atoms with Gasteiger partial charge in [0.25, 0.3) is 0 Å². The second-order valence-electron chi connectivity index (χ2n) is 4.19. The molecule has 1 heterocycles. The smallest absolute Gasteiger partial charge is 0.144 e. The third kappa shape index (κ3) is 2.71. The first-order chi connectivity index (χ1) is 9.17. The van der Waals surface area contributed by atoms with E-state index in [1.54, 1.807) is 20.1 Å². The standard InChI is InChI=1S/C15H15N3O/c1-4-11-5-6-15(19-3)13(7-11)14-8-12(9-16)17-10(2)18-14/h5-8H,4H2,1-3H3. The Balaban J connectivity index is 2.63. The summed E-state index contributed by atoms with van der Waals surface area (Å²) < 4.78 is 5.37. The van der Waals surface area contributed by atoms with Crippen LogP contribution < -0.4 is 4.74 Å². The Morgan fingerprint density at radius 3 is 2.68 bits per heavy atom. The van der Waals surface area contributed by atoms with Crippen LogP contribution in [0.2, 0.25) is 0 Å². The molecule has 0 saturated carbocycles. The Morgan fingerprint density at radius 1 is 1.26 bits per heavy atom. The Kier molecular flexibility index (Phi) is 3.76. The molecule has 1 aromatic heterocycles. The van der Waals surface area contributed by atoms with Crippen molar-refractivity contribution in [1.29, 1.82) is 5.26 Å². The molecule has 0 fully saturated rings.